The molecule has 1 aliphatic carbocycles. The van der Waals surface area contributed by atoms with Gasteiger partial charge >= 0.3 is 0 Å². The molecule has 1 atom stereocenters. The van der Waals surface area contributed by atoms with Crippen LogP contribution in [-0.2, 0) is 4.79 Å². The monoisotopic (exact) mass is 459 g/mol. The topological polar surface area (TPSA) is 85.5 Å². The number of carbonyl (C=O) groups is 1. The van der Waals surface area contributed by atoms with Crippen molar-refractivity contribution in [2.45, 2.75) is 45.4 Å². The van der Waals surface area contributed by atoms with Crippen molar-refractivity contribution >= 4 is 22.9 Å². The Hall–Kier alpha value is -3.30. The van der Waals surface area contributed by atoms with E-state index < -0.39 is 5.82 Å². The Balaban J connectivity index is 1.87. The normalized spacial score (nSPS) is 19.1. The Labute approximate surface area is 200 Å². The number of ketones is 1. The summed E-state index contributed by atoms with van der Waals surface area (Å²) in [5.74, 6) is -0.200. The summed E-state index contributed by atoms with van der Waals surface area (Å²) < 4.78 is 14.6. The highest BCUT2D eigenvalue weighted by Gasteiger charge is 2.30. The molecule has 4 rings (SSSR count). The molecule has 1 saturated carbocycles. The average Bonchev–Trinajstić information content (AvgIpc) is 3.31. The van der Waals surface area contributed by atoms with Gasteiger partial charge in [-0.1, -0.05) is 48.7 Å². The predicted molar refractivity (Wildman–Crippen MR) is 131 cm³/mol. The first kappa shape index (κ1) is 23.8. The van der Waals surface area contributed by atoms with E-state index in [1.54, 1.807) is 6.07 Å². The third-order valence-electron chi connectivity index (χ3n) is 6.82. The van der Waals surface area contributed by atoms with Crippen molar-refractivity contribution in [3.63, 3.8) is 0 Å². The second-order valence-electron chi connectivity index (χ2n) is 9.26. The number of hydrogen-bond acceptors (Lipinski definition) is 5. The zero-order chi connectivity index (χ0) is 24.1. The summed E-state index contributed by atoms with van der Waals surface area (Å²) in [6.07, 6.45) is 5.29. The number of aliphatic hydroxyl groups excluding tert-OH is 1. The van der Waals surface area contributed by atoms with Gasteiger partial charge in [0.1, 0.15) is 11.9 Å². The third kappa shape index (κ3) is 5.26. The fourth-order valence-electron chi connectivity index (χ4n) is 4.92. The van der Waals surface area contributed by atoms with Crippen LogP contribution < -0.4 is 5.32 Å². The van der Waals surface area contributed by atoms with Crippen molar-refractivity contribution in [3.05, 3.63) is 70.5 Å². The van der Waals surface area contributed by atoms with Gasteiger partial charge in [0.2, 0.25) is 0 Å². The lowest BCUT2D eigenvalue weighted by Gasteiger charge is -2.20. The van der Waals surface area contributed by atoms with Gasteiger partial charge in [-0.05, 0) is 61.3 Å². The molecule has 0 spiro atoms. The molecule has 1 heterocycles. The van der Waals surface area contributed by atoms with Crippen molar-refractivity contribution in [1.82, 2.24) is 5.32 Å². The second-order valence-corrected chi connectivity index (χ2v) is 9.26. The molecular weight excluding hydrogens is 429 g/mol. The number of allylic oxidation sites excluding steroid dienone is 1. The molecule has 2 N–H and O–H groups in total. The van der Waals surface area contributed by atoms with Crippen molar-refractivity contribution < 1.29 is 14.3 Å². The summed E-state index contributed by atoms with van der Waals surface area (Å²) in [6, 6.07) is 14.2. The number of rotatable bonds is 6. The van der Waals surface area contributed by atoms with Crippen molar-refractivity contribution in [2.24, 2.45) is 16.8 Å². The molecule has 5 nitrogen and oxygen atoms in total. The SMILES string of the molecule is Cc1ccc(C2=C(c3ccc(C#N)c(F)c3)N=C(NCC3CCCC3)C(=O)CC2CCO)cc1. The maximum atomic E-state index is 14.6. The quantitative estimate of drug-likeness (QED) is 0.635. The molecule has 0 amide bonds. The number of benzene rings is 2. The predicted octanol–water partition coefficient (Wildman–Crippen LogP) is 5.02. The van der Waals surface area contributed by atoms with E-state index in [-0.39, 0.29) is 36.1 Å². The first-order valence-electron chi connectivity index (χ1n) is 12.0. The van der Waals surface area contributed by atoms with Crippen LogP contribution in [-0.4, -0.2) is 29.9 Å². The van der Waals surface area contributed by atoms with Crippen LogP contribution in [0.5, 0.6) is 0 Å². The first-order valence-corrected chi connectivity index (χ1v) is 12.0. The van der Waals surface area contributed by atoms with Crippen LogP contribution in [0.3, 0.4) is 0 Å². The lowest BCUT2D eigenvalue weighted by molar-refractivity contribution is -0.113. The van der Waals surface area contributed by atoms with Crippen LogP contribution in [0, 0.1) is 35.9 Å². The number of halogens is 1. The van der Waals surface area contributed by atoms with E-state index >= 15 is 0 Å². The number of nitrogens with zero attached hydrogens (tertiary/aromatic N) is 2. The number of hydrogen-bond donors (Lipinski definition) is 2. The maximum Gasteiger partial charge on any atom is 0.198 e. The molecule has 1 fully saturated rings. The molecule has 0 aromatic heterocycles. The summed E-state index contributed by atoms with van der Waals surface area (Å²) >= 11 is 0. The van der Waals surface area contributed by atoms with Gasteiger partial charge in [0.05, 0.1) is 11.3 Å². The second kappa shape index (κ2) is 10.8. The summed E-state index contributed by atoms with van der Waals surface area (Å²) in [7, 11) is 0. The fraction of sp³-hybridized carbons (Fsp3) is 0.393. The molecule has 34 heavy (non-hydrogen) atoms. The summed E-state index contributed by atoms with van der Waals surface area (Å²) in [6.45, 7) is 2.61. The molecule has 0 bridgehead atoms. The lowest BCUT2D eigenvalue weighted by Crippen LogP contribution is -2.34. The third-order valence-corrected chi connectivity index (χ3v) is 6.82. The van der Waals surface area contributed by atoms with Gasteiger partial charge in [-0.15, -0.1) is 0 Å². The lowest BCUT2D eigenvalue weighted by atomic mass is 9.84. The standard InChI is InChI=1S/C28H30FN3O2/c1-18-6-8-20(9-7-18)26-21(12-13-33)15-25(34)28(31-17-19-4-2-3-5-19)32-27(26)22-10-11-23(16-30)24(29)14-22/h6-11,14,19,21,33H,2-5,12-13,15,17H2,1H3,(H,31,32). The number of aliphatic hydroxyl groups is 1. The number of nitrogens with one attached hydrogen (secondary N) is 1. The minimum Gasteiger partial charge on any atom is -0.396 e. The van der Waals surface area contributed by atoms with Gasteiger partial charge in [0, 0.05) is 25.1 Å². The number of aliphatic imine (C=N–C) groups is 1. The first-order chi connectivity index (χ1) is 16.5. The molecule has 0 radical (unpaired) electrons. The van der Waals surface area contributed by atoms with Crippen molar-refractivity contribution in [2.75, 3.05) is 13.2 Å². The Kier molecular flexibility index (Phi) is 7.54. The Bertz CT molecular complexity index is 1160. The van der Waals surface area contributed by atoms with Crippen molar-refractivity contribution in [3.8, 4) is 6.07 Å². The molecule has 6 heteroatoms. The van der Waals surface area contributed by atoms with Crippen LogP contribution in [0.2, 0.25) is 0 Å². The van der Waals surface area contributed by atoms with Gasteiger partial charge in [0.15, 0.2) is 11.6 Å². The molecule has 2 aromatic rings. The number of aryl methyl sites for hydroxylation is 1. The number of carbonyl (C=O) groups excluding carboxylic acids is 1. The van der Waals surface area contributed by atoms with E-state index in [1.807, 2.05) is 37.3 Å². The average molecular weight is 460 g/mol. The molecule has 1 unspecified atom stereocenters. The molecule has 2 aromatic carbocycles. The number of Topliss-reactive ketones (excluding diaryl/α,β-unsaturated/α-hetero) is 1. The van der Waals surface area contributed by atoms with Crippen LogP contribution >= 0.6 is 0 Å². The largest absolute Gasteiger partial charge is 0.396 e. The zero-order valence-corrected chi connectivity index (χ0v) is 19.5. The molecule has 176 valence electrons. The Morgan fingerprint density at radius 3 is 2.50 bits per heavy atom. The maximum absolute atomic E-state index is 14.6. The van der Waals surface area contributed by atoms with Crippen LogP contribution in [0.15, 0.2) is 47.5 Å². The van der Waals surface area contributed by atoms with E-state index in [0.29, 0.717) is 30.1 Å². The molecule has 1 aliphatic heterocycles. The van der Waals surface area contributed by atoms with E-state index in [9.17, 15) is 19.6 Å². The van der Waals surface area contributed by atoms with Gasteiger partial charge in [-0.25, -0.2) is 9.38 Å². The highest BCUT2D eigenvalue weighted by molar-refractivity contribution is 6.40. The van der Waals surface area contributed by atoms with Crippen molar-refractivity contribution in [1.29, 1.82) is 5.26 Å². The van der Waals surface area contributed by atoms with Gasteiger partial charge in [-0.2, -0.15) is 5.26 Å². The zero-order valence-electron chi connectivity index (χ0n) is 19.5. The number of amidine groups is 1. The van der Waals surface area contributed by atoms with Crippen LogP contribution in [0.4, 0.5) is 4.39 Å². The molecule has 2 aliphatic rings. The Morgan fingerprint density at radius 2 is 1.85 bits per heavy atom. The minimum absolute atomic E-state index is 0.0404. The van der Waals surface area contributed by atoms with E-state index in [4.69, 9.17) is 4.99 Å². The fourth-order valence-corrected chi connectivity index (χ4v) is 4.92. The number of nitriles is 1. The van der Waals surface area contributed by atoms with E-state index in [1.165, 1.54) is 25.0 Å². The summed E-state index contributed by atoms with van der Waals surface area (Å²) in [5, 5.41) is 22.3. The highest BCUT2D eigenvalue weighted by Crippen LogP contribution is 2.39. The van der Waals surface area contributed by atoms with Crippen LogP contribution in [0.1, 0.15) is 60.8 Å². The smallest absolute Gasteiger partial charge is 0.198 e. The van der Waals surface area contributed by atoms with E-state index in [0.717, 1.165) is 29.5 Å². The van der Waals surface area contributed by atoms with Gasteiger partial charge < -0.3 is 10.4 Å². The molecular formula is C28H30FN3O2. The van der Waals surface area contributed by atoms with E-state index in [2.05, 4.69) is 5.32 Å². The molecule has 0 saturated heterocycles. The highest BCUT2D eigenvalue weighted by atomic mass is 19.1. The van der Waals surface area contributed by atoms with Gasteiger partial charge in [-0.3, -0.25) is 4.79 Å². The van der Waals surface area contributed by atoms with Gasteiger partial charge in [0.25, 0.3) is 0 Å². The minimum atomic E-state index is -0.624. The summed E-state index contributed by atoms with van der Waals surface area (Å²) in [4.78, 5) is 18.1. The summed E-state index contributed by atoms with van der Waals surface area (Å²) in [5.41, 5.74) is 3.76. The van der Waals surface area contributed by atoms with Crippen LogP contribution in [0.25, 0.3) is 11.3 Å². The Morgan fingerprint density at radius 1 is 1.15 bits per heavy atom.